The van der Waals surface area contributed by atoms with Crippen molar-refractivity contribution >= 4 is 23.3 Å². The number of hydrogen-bond acceptors (Lipinski definition) is 5. The monoisotopic (exact) mass is 356 g/mol. The lowest BCUT2D eigenvalue weighted by atomic mass is 10.1. The maximum absolute atomic E-state index is 12.0. The molecule has 0 spiro atoms. The number of hydrogen-bond donors (Lipinski definition) is 2. The molecule has 2 aromatic rings. The Morgan fingerprint density at radius 3 is 2.35 bits per heavy atom. The van der Waals surface area contributed by atoms with E-state index < -0.39 is 18.5 Å². The largest absolute Gasteiger partial charge is 0.507 e. The van der Waals surface area contributed by atoms with Gasteiger partial charge in [-0.25, -0.2) is 4.79 Å². The molecule has 0 aliphatic rings. The summed E-state index contributed by atoms with van der Waals surface area (Å²) >= 11 is 0. The van der Waals surface area contributed by atoms with Crippen LogP contribution in [0, 0.1) is 6.92 Å². The van der Waals surface area contributed by atoms with Crippen molar-refractivity contribution < 1.29 is 19.4 Å². The number of ether oxygens (including phenoxy) is 1. The Balaban J connectivity index is 1.90. The van der Waals surface area contributed by atoms with E-state index in [-0.39, 0.29) is 11.3 Å². The molecule has 2 N–H and O–H groups in total. The number of esters is 1. The average Bonchev–Trinajstić information content (AvgIpc) is 2.64. The van der Waals surface area contributed by atoms with Crippen LogP contribution in [0.1, 0.15) is 29.8 Å². The van der Waals surface area contributed by atoms with E-state index in [1.807, 2.05) is 12.1 Å². The molecule has 0 aliphatic carbocycles. The molecule has 0 saturated carbocycles. The van der Waals surface area contributed by atoms with E-state index in [4.69, 9.17) is 4.74 Å². The number of phenols is 1. The fourth-order valence-corrected chi connectivity index (χ4v) is 2.56. The maximum Gasteiger partial charge on any atom is 0.342 e. The predicted octanol–water partition coefficient (Wildman–Crippen LogP) is 3.34. The molecule has 138 valence electrons. The van der Waals surface area contributed by atoms with E-state index in [2.05, 4.69) is 24.1 Å². The van der Waals surface area contributed by atoms with Crippen LogP contribution in [0.5, 0.6) is 5.75 Å². The lowest BCUT2D eigenvalue weighted by Crippen LogP contribution is -2.22. The van der Waals surface area contributed by atoms with E-state index in [9.17, 15) is 14.7 Å². The van der Waals surface area contributed by atoms with Crippen molar-refractivity contribution in [3.8, 4) is 5.75 Å². The van der Waals surface area contributed by atoms with Crippen molar-refractivity contribution in [2.45, 2.75) is 20.8 Å². The van der Waals surface area contributed by atoms with Gasteiger partial charge in [0.25, 0.3) is 5.91 Å². The van der Waals surface area contributed by atoms with Crippen LogP contribution in [0.4, 0.5) is 11.4 Å². The molecule has 2 rings (SSSR count). The van der Waals surface area contributed by atoms with Crippen LogP contribution < -0.4 is 10.2 Å². The lowest BCUT2D eigenvalue weighted by Gasteiger charge is -2.21. The Kier molecular flexibility index (Phi) is 6.60. The summed E-state index contributed by atoms with van der Waals surface area (Å²) in [6, 6.07) is 12.1. The third-order valence-electron chi connectivity index (χ3n) is 3.99. The Morgan fingerprint density at radius 1 is 1.08 bits per heavy atom. The third-order valence-corrected chi connectivity index (χ3v) is 3.99. The zero-order valence-electron chi connectivity index (χ0n) is 15.3. The second-order valence-corrected chi connectivity index (χ2v) is 5.86. The minimum absolute atomic E-state index is 0.0429. The average molecular weight is 356 g/mol. The summed E-state index contributed by atoms with van der Waals surface area (Å²) in [6.45, 7) is 7.35. The van der Waals surface area contributed by atoms with Crippen molar-refractivity contribution in [3.05, 3.63) is 53.6 Å². The first kappa shape index (κ1) is 19.3. The fourth-order valence-electron chi connectivity index (χ4n) is 2.56. The van der Waals surface area contributed by atoms with Crippen molar-refractivity contribution in [2.24, 2.45) is 0 Å². The number of aryl methyl sites for hydroxylation is 1. The van der Waals surface area contributed by atoms with Crippen LogP contribution in [-0.4, -0.2) is 36.7 Å². The molecule has 0 heterocycles. The molecule has 1 amide bonds. The zero-order valence-corrected chi connectivity index (χ0v) is 15.3. The topological polar surface area (TPSA) is 78.9 Å². The smallest absolute Gasteiger partial charge is 0.342 e. The molecular formula is C20H24N2O4. The molecular weight excluding hydrogens is 332 g/mol. The molecule has 0 saturated heterocycles. The number of amides is 1. The van der Waals surface area contributed by atoms with Crippen molar-refractivity contribution in [1.29, 1.82) is 0 Å². The molecule has 0 radical (unpaired) electrons. The summed E-state index contributed by atoms with van der Waals surface area (Å²) in [5, 5.41) is 12.4. The summed E-state index contributed by atoms with van der Waals surface area (Å²) in [5.41, 5.74) is 2.56. The number of nitrogens with one attached hydrogen (secondary N) is 1. The van der Waals surface area contributed by atoms with Crippen LogP contribution in [0.3, 0.4) is 0 Å². The van der Waals surface area contributed by atoms with Gasteiger partial charge < -0.3 is 20.1 Å². The predicted molar refractivity (Wildman–Crippen MR) is 102 cm³/mol. The molecule has 6 heteroatoms. The van der Waals surface area contributed by atoms with E-state index in [0.29, 0.717) is 5.69 Å². The lowest BCUT2D eigenvalue weighted by molar-refractivity contribution is -0.119. The van der Waals surface area contributed by atoms with Gasteiger partial charge in [-0.15, -0.1) is 0 Å². The van der Waals surface area contributed by atoms with Gasteiger partial charge >= 0.3 is 5.97 Å². The first-order chi connectivity index (χ1) is 12.4. The Bertz CT molecular complexity index is 768. The summed E-state index contributed by atoms with van der Waals surface area (Å²) in [4.78, 5) is 26.2. The maximum atomic E-state index is 12.0. The minimum Gasteiger partial charge on any atom is -0.507 e. The molecule has 0 atom stereocenters. The van der Waals surface area contributed by atoms with Gasteiger partial charge in [0.15, 0.2) is 6.61 Å². The quantitative estimate of drug-likeness (QED) is 0.744. The zero-order chi connectivity index (χ0) is 19.1. The molecule has 26 heavy (non-hydrogen) atoms. The van der Waals surface area contributed by atoms with Gasteiger partial charge in [-0.2, -0.15) is 0 Å². The van der Waals surface area contributed by atoms with E-state index >= 15 is 0 Å². The van der Waals surface area contributed by atoms with Gasteiger partial charge in [-0.1, -0.05) is 11.6 Å². The van der Waals surface area contributed by atoms with E-state index in [1.54, 1.807) is 25.1 Å². The normalized spacial score (nSPS) is 10.3. The highest BCUT2D eigenvalue weighted by Crippen LogP contribution is 2.20. The van der Waals surface area contributed by atoms with Gasteiger partial charge in [0.05, 0.1) is 0 Å². The Hall–Kier alpha value is -3.02. The Labute approximate surface area is 153 Å². The van der Waals surface area contributed by atoms with Gasteiger partial charge in [0.1, 0.15) is 11.3 Å². The van der Waals surface area contributed by atoms with Crippen LogP contribution in [0.2, 0.25) is 0 Å². The summed E-state index contributed by atoms with van der Waals surface area (Å²) < 4.78 is 4.98. The summed E-state index contributed by atoms with van der Waals surface area (Å²) in [7, 11) is 0. The van der Waals surface area contributed by atoms with Gasteiger partial charge in [0, 0.05) is 24.5 Å². The van der Waals surface area contributed by atoms with Crippen molar-refractivity contribution in [3.63, 3.8) is 0 Å². The second kappa shape index (κ2) is 8.89. The highest BCUT2D eigenvalue weighted by atomic mass is 16.5. The SMILES string of the molecule is CCN(CC)c1ccc(NC(=O)COC(=O)c2cc(C)ccc2O)cc1. The number of rotatable bonds is 7. The highest BCUT2D eigenvalue weighted by molar-refractivity contribution is 5.96. The Morgan fingerprint density at radius 2 is 1.73 bits per heavy atom. The van der Waals surface area contributed by atoms with Gasteiger partial charge in [0.2, 0.25) is 0 Å². The molecule has 0 aliphatic heterocycles. The number of nitrogens with zero attached hydrogens (tertiary/aromatic N) is 1. The van der Waals surface area contributed by atoms with Crippen LogP contribution in [-0.2, 0) is 9.53 Å². The van der Waals surface area contributed by atoms with Crippen LogP contribution >= 0.6 is 0 Å². The van der Waals surface area contributed by atoms with Crippen LogP contribution in [0.25, 0.3) is 0 Å². The first-order valence-corrected chi connectivity index (χ1v) is 8.56. The molecule has 6 nitrogen and oxygen atoms in total. The van der Waals surface area contributed by atoms with Gasteiger partial charge in [-0.05, 0) is 57.2 Å². The van der Waals surface area contributed by atoms with Gasteiger partial charge in [-0.3, -0.25) is 4.79 Å². The third kappa shape index (κ3) is 4.99. The van der Waals surface area contributed by atoms with E-state index in [0.717, 1.165) is 24.3 Å². The second-order valence-electron chi connectivity index (χ2n) is 5.86. The molecule has 0 bridgehead atoms. The fraction of sp³-hybridized carbons (Fsp3) is 0.300. The number of carbonyl (C=O) groups is 2. The summed E-state index contributed by atoms with van der Waals surface area (Å²) in [5.74, 6) is -1.35. The number of phenolic OH excluding ortho intramolecular Hbond substituents is 1. The molecule has 2 aromatic carbocycles. The standard InChI is InChI=1S/C20H24N2O4/c1-4-22(5-2)16-9-7-15(8-10-16)21-19(24)13-26-20(25)17-12-14(3)6-11-18(17)23/h6-12,23H,4-5,13H2,1-3H3,(H,21,24). The molecule has 0 unspecified atom stereocenters. The highest BCUT2D eigenvalue weighted by Gasteiger charge is 2.14. The molecule has 0 fully saturated rings. The van der Waals surface area contributed by atoms with Crippen molar-refractivity contribution in [2.75, 3.05) is 29.9 Å². The first-order valence-electron chi connectivity index (χ1n) is 8.56. The van der Waals surface area contributed by atoms with Crippen LogP contribution in [0.15, 0.2) is 42.5 Å². The van der Waals surface area contributed by atoms with Crippen molar-refractivity contribution in [1.82, 2.24) is 0 Å². The number of carbonyl (C=O) groups excluding carboxylic acids is 2. The molecule has 0 aromatic heterocycles. The minimum atomic E-state index is -0.738. The number of anilines is 2. The number of benzene rings is 2. The summed E-state index contributed by atoms with van der Waals surface area (Å²) in [6.07, 6.45) is 0. The number of aromatic hydroxyl groups is 1. The van der Waals surface area contributed by atoms with E-state index in [1.165, 1.54) is 12.1 Å².